The van der Waals surface area contributed by atoms with Crippen LogP contribution in [0.2, 0.25) is 0 Å². The quantitative estimate of drug-likeness (QED) is 0.519. The van der Waals surface area contributed by atoms with E-state index in [0.29, 0.717) is 12.1 Å². The summed E-state index contributed by atoms with van der Waals surface area (Å²) in [7, 11) is -3.63. The van der Waals surface area contributed by atoms with Crippen LogP contribution in [0.3, 0.4) is 0 Å². The number of nitrogens with two attached hydrogens (primary N) is 1. The van der Waals surface area contributed by atoms with Crippen molar-refractivity contribution in [3.05, 3.63) is 24.3 Å². The Kier molecular flexibility index (Phi) is 3.99. The molecule has 0 aliphatic heterocycles. The summed E-state index contributed by atoms with van der Waals surface area (Å²) < 4.78 is 22.5. The van der Waals surface area contributed by atoms with E-state index in [4.69, 9.17) is 5.84 Å². The van der Waals surface area contributed by atoms with E-state index in [0.717, 1.165) is 0 Å². The Hall–Kier alpha value is -1.44. The molecule has 0 saturated carbocycles. The molecule has 0 radical (unpaired) electrons. The van der Waals surface area contributed by atoms with Crippen LogP contribution in [-0.2, 0) is 14.8 Å². The van der Waals surface area contributed by atoms with E-state index in [-0.39, 0.29) is 10.8 Å². The van der Waals surface area contributed by atoms with Gasteiger partial charge < -0.3 is 5.32 Å². The van der Waals surface area contributed by atoms with E-state index < -0.39 is 10.0 Å². The molecule has 0 aromatic heterocycles. The molecule has 0 aliphatic rings. The SMILES string of the molecule is CCC(=O)Nc1ccc(S(=O)(=O)NN)cc1. The zero-order valence-electron chi connectivity index (χ0n) is 8.73. The molecule has 1 rings (SSSR count). The number of carbonyl (C=O) groups excluding carboxylic acids is 1. The van der Waals surface area contributed by atoms with Crippen molar-refractivity contribution >= 4 is 21.6 Å². The first-order valence-electron chi connectivity index (χ1n) is 4.62. The van der Waals surface area contributed by atoms with Gasteiger partial charge in [0.1, 0.15) is 0 Å². The first kappa shape index (κ1) is 12.6. The summed E-state index contributed by atoms with van der Waals surface area (Å²) in [6, 6.07) is 5.72. The molecule has 0 spiro atoms. The minimum Gasteiger partial charge on any atom is -0.326 e. The maximum atomic E-state index is 11.3. The smallest absolute Gasteiger partial charge is 0.253 e. The average molecular weight is 243 g/mol. The topological polar surface area (TPSA) is 101 Å². The predicted octanol–water partition coefficient (Wildman–Crippen LogP) is 0.187. The largest absolute Gasteiger partial charge is 0.326 e. The number of hydrogen-bond donors (Lipinski definition) is 3. The van der Waals surface area contributed by atoms with Gasteiger partial charge in [-0.3, -0.25) is 10.6 Å². The number of hydrazine groups is 1. The first-order valence-corrected chi connectivity index (χ1v) is 6.10. The fourth-order valence-electron chi connectivity index (χ4n) is 1.03. The molecule has 16 heavy (non-hydrogen) atoms. The summed E-state index contributed by atoms with van der Waals surface area (Å²) in [5.74, 6) is 4.74. The van der Waals surface area contributed by atoms with Gasteiger partial charge >= 0.3 is 0 Å². The first-order chi connectivity index (χ1) is 7.49. The lowest BCUT2D eigenvalue weighted by atomic mass is 10.3. The number of rotatable bonds is 4. The highest BCUT2D eigenvalue weighted by Gasteiger charge is 2.10. The molecule has 0 unspecified atom stereocenters. The number of anilines is 1. The van der Waals surface area contributed by atoms with E-state index in [1.807, 2.05) is 0 Å². The van der Waals surface area contributed by atoms with Crippen LogP contribution in [0.4, 0.5) is 5.69 Å². The summed E-state index contributed by atoms with van der Waals surface area (Å²) in [5, 5.41) is 2.60. The summed E-state index contributed by atoms with van der Waals surface area (Å²) >= 11 is 0. The van der Waals surface area contributed by atoms with Crippen LogP contribution in [-0.4, -0.2) is 14.3 Å². The van der Waals surface area contributed by atoms with Crippen molar-refractivity contribution in [2.75, 3.05) is 5.32 Å². The molecule has 7 heteroatoms. The van der Waals surface area contributed by atoms with Crippen LogP contribution in [0.25, 0.3) is 0 Å². The minimum atomic E-state index is -3.63. The Morgan fingerprint density at radius 3 is 2.31 bits per heavy atom. The van der Waals surface area contributed by atoms with Gasteiger partial charge in [0.2, 0.25) is 5.91 Å². The zero-order chi connectivity index (χ0) is 12.2. The summed E-state index contributed by atoms with van der Waals surface area (Å²) in [6.07, 6.45) is 0.365. The van der Waals surface area contributed by atoms with E-state index >= 15 is 0 Å². The number of hydrogen-bond acceptors (Lipinski definition) is 4. The highest BCUT2D eigenvalue weighted by molar-refractivity contribution is 7.89. The minimum absolute atomic E-state index is 0.0458. The lowest BCUT2D eigenvalue weighted by Gasteiger charge is -2.05. The molecule has 0 heterocycles. The van der Waals surface area contributed by atoms with Crippen molar-refractivity contribution in [3.63, 3.8) is 0 Å². The lowest BCUT2D eigenvalue weighted by Crippen LogP contribution is -2.30. The maximum absolute atomic E-state index is 11.3. The molecule has 0 saturated heterocycles. The fraction of sp³-hybridized carbons (Fsp3) is 0.222. The van der Waals surface area contributed by atoms with Crippen molar-refractivity contribution in [1.82, 2.24) is 4.83 Å². The normalized spacial score (nSPS) is 11.1. The Balaban J connectivity index is 2.88. The van der Waals surface area contributed by atoms with E-state index in [9.17, 15) is 13.2 Å². The zero-order valence-corrected chi connectivity index (χ0v) is 9.54. The second-order valence-electron chi connectivity index (χ2n) is 3.05. The van der Waals surface area contributed by atoms with E-state index in [1.165, 1.54) is 24.3 Å². The van der Waals surface area contributed by atoms with Crippen molar-refractivity contribution < 1.29 is 13.2 Å². The average Bonchev–Trinajstić information content (AvgIpc) is 2.29. The number of sulfonamides is 1. The molecular weight excluding hydrogens is 230 g/mol. The van der Waals surface area contributed by atoms with Crippen LogP contribution in [0, 0.1) is 0 Å². The molecule has 1 amide bonds. The molecule has 88 valence electrons. The third kappa shape index (κ3) is 3.02. The van der Waals surface area contributed by atoms with Gasteiger partial charge in [-0.05, 0) is 24.3 Å². The molecular formula is C9H13N3O3S. The van der Waals surface area contributed by atoms with Crippen LogP contribution < -0.4 is 16.0 Å². The summed E-state index contributed by atoms with van der Waals surface area (Å²) in [4.78, 5) is 12.8. The van der Waals surface area contributed by atoms with Crippen molar-refractivity contribution in [3.8, 4) is 0 Å². The predicted molar refractivity (Wildman–Crippen MR) is 59.9 cm³/mol. The van der Waals surface area contributed by atoms with E-state index in [2.05, 4.69) is 5.32 Å². The van der Waals surface area contributed by atoms with Crippen LogP contribution in [0.15, 0.2) is 29.2 Å². The third-order valence-corrected chi connectivity index (χ3v) is 3.13. The van der Waals surface area contributed by atoms with Crippen LogP contribution >= 0.6 is 0 Å². The molecule has 4 N–H and O–H groups in total. The third-order valence-electron chi connectivity index (χ3n) is 1.92. The fourth-order valence-corrected chi connectivity index (χ4v) is 1.67. The standard InChI is InChI=1S/C9H13N3O3S/c1-2-9(13)11-7-3-5-8(6-4-7)16(14,15)12-10/h3-6,12H,2,10H2,1H3,(H,11,13). The summed E-state index contributed by atoms with van der Waals surface area (Å²) in [6.45, 7) is 1.73. The number of carbonyl (C=O) groups is 1. The van der Waals surface area contributed by atoms with Crippen LogP contribution in [0.1, 0.15) is 13.3 Å². The van der Waals surface area contributed by atoms with Gasteiger partial charge in [-0.2, -0.15) is 4.83 Å². The number of benzene rings is 1. The van der Waals surface area contributed by atoms with Gasteiger partial charge in [-0.15, -0.1) is 0 Å². The number of nitrogens with one attached hydrogen (secondary N) is 2. The monoisotopic (exact) mass is 243 g/mol. The Morgan fingerprint density at radius 2 is 1.88 bits per heavy atom. The van der Waals surface area contributed by atoms with Crippen LogP contribution in [0.5, 0.6) is 0 Å². The van der Waals surface area contributed by atoms with E-state index in [1.54, 1.807) is 11.8 Å². The molecule has 0 aliphatic carbocycles. The second-order valence-corrected chi connectivity index (χ2v) is 4.76. The van der Waals surface area contributed by atoms with Gasteiger partial charge in [0.25, 0.3) is 10.0 Å². The van der Waals surface area contributed by atoms with Gasteiger partial charge in [0.15, 0.2) is 0 Å². The summed E-state index contributed by atoms with van der Waals surface area (Å²) in [5.41, 5.74) is 0.544. The molecule has 6 nitrogen and oxygen atoms in total. The molecule has 0 bridgehead atoms. The maximum Gasteiger partial charge on any atom is 0.253 e. The van der Waals surface area contributed by atoms with Gasteiger partial charge in [0.05, 0.1) is 4.90 Å². The second kappa shape index (κ2) is 5.06. The Labute approximate surface area is 93.9 Å². The molecule has 1 aromatic carbocycles. The highest BCUT2D eigenvalue weighted by Crippen LogP contribution is 2.13. The molecule has 1 aromatic rings. The Morgan fingerprint density at radius 1 is 1.31 bits per heavy atom. The lowest BCUT2D eigenvalue weighted by molar-refractivity contribution is -0.115. The van der Waals surface area contributed by atoms with Crippen molar-refractivity contribution in [2.45, 2.75) is 18.2 Å². The van der Waals surface area contributed by atoms with Crippen molar-refractivity contribution in [2.24, 2.45) is 5.84 Å². The van der Waals surface area contributed by atoms with Crippen molar-refractivity contribution in [1.29, 1.82) is 0 Å². The highest BCUT2D eigenvalue weighted by atomic mass is 32.2. The van der Waals surface area contributed by atoms with Gasteiger partial charge in [0, 0.05) is 12.1 Å². The molecule has 0 atom stereocenters. The van der Waals surface area contributed by atoms with Gasteiger partial charge in [-0.1, -0.05) is 6.92 Å². The van der Waals surface area contributed by atoms with Gasteiger partial charge in [-0.25, -0.2) is 8.42 Å². The number of amides is 1. The molecule has 0 fully saturated rings. The Bertz CT molecular complexity index is 467.